The molecule has 0 fully saturated rings. The molecule has 0 amide bonds. The lowest BCUT2D eigenvalue weighted by Crippen LogP contribution is -1.95. The third-order valence-electron chi connectivity index (χ3n) is 2.76. The highest BCUT2D eigenvalue weighted by molar-refractivity contribution is 5.70. The molecule has 0 spiro atoms. The van der Waals surface area contributed by atoms with Gasteiger partial charge in [0.15, 0.2) is 11.5 Å². The highest BCUT2D eigenvalue weighted by Crippen LogP contribution is 2.41. The van der Waals surface area contributed by atoms with Gasteiger partial charge in [0, 0.05) is 25.5 Å². The number of benzene rings is 1. The van der Waals surface area contributed by atoms with Crippen LogP contribution in [0, 0.1) is 0 Å². The number of ether oxygens (including phenoxy) is 3. The molecule has 0 atom stereocenters. The van der Waals surface area contributed by atoms with Gasteiger partial charge in [-0.3, -0.25) is 4.79 Å². The van der Waals surface area contributed by atoms with E-state index in [1.807, 2.05) is 29.9 Å². The Morgan fingerprint density at radius 1 is 1.40 bits per heavy atom. The normalized spacial score (nSPS) is 11.5. The summed E-state index contributed by atoms with van der Waals surface area (Å²) in [5, 5.41) is 6.89. The maximum atomic E-state index is 8.36. The molecule has 2 aromatic rings. The monoisotopic (exact) mass is 278 g/mol. The Labute approximate surface area is 115 Å². The summed E-state index contributed by atoms with van der Waals surface area (Å²) in [6, 6.07) is 3.72. The Hall–Kier alpha value is -2.70. The molecular weight excluding hydrogens is 264 g/mol. The van der Waals surface area contributed by atoms with Crippen molar-refractivity contribution < 1.29 is 24.1 Å². The fourth-order valence-electron chi connectivity index (χ4n) is 1.89. The summed E-state index contributed by atoms with van der Waals surface area (Å²) in [5.41, 5.74) is 0.893. The predicted molar refractivity (Wildman–Crippen MR) is 70.0 cm³/mol. The lowest BCUT2D eigenvalue weighted by atomic mass is 10.1. The Morgan fingerprint density at radius 3 is 2.60 bits per heavy atom. The summed E-state index contributed by atoms with van der Waals surface area (Å²) >= 11 is 0. The van der Waals surface area contributed by atoms with Crippen LogP contribution < -0.4 is 14.2 Å². The third-order valence-corrected chi connectivity index (χ3v) is 2.76. The zero-order valence-electron chi connectivity index (χ0n) is 11.1. The molecule has 1 aromatic heterocycles. The second-order valence-electron chi connectivity index (χ2n) is 3.87. The van der Waals surface area contributed by atoms with E-state index in [-0.39, 0.29) is 13.3 Å². The topological polar surface area (TPSA) is 82.8 Å². The van der Waals surface area contributed by atoms with Crippen molar-refractivity contribution in [3.8, 4) is 28.6 Å². The van der Waals surface area contributed by atoms with E-state index < -0.39 is 0 Å². The first kappa shape index (κ1) is 13.7. The number of aromatic nitrogens is 2. The lowest BCUT2D eigenvalue weighted by molar-refractivity contribution is -0.122. The summed E-state index contributed by atoms with van der Waals surface area (Å²) in [7, 11) is 3.57. The van der Waals surface area contributed by atoms with E-state index in [1.54, 1.807) is 13.3 Å². The van der Waals surface area contributed by atoms with Crippen LogP contribution in [0.1, 0.15) is 0 Å². The smallest absolute Gasteiger partial charge is 0.290 e. The molecule has 0 radical (unpaired) electrons. The molecule has 1 aliphatic rings. The second kappa shape index (κ2) is 5.96. The highest BCUT2D eigenvalue weighted by atomic mass is 16.7. The summed E-state index contributed by atoms with van der Waals surface area (Å²) in [4.78, 5) is 12.7. The van der Waals surface area contributed by atoms with E-state index in [9.17, 15) is 0 Å². The van der Waals surface area contributed by atoms with E-state index in [0.717, 1.165) is 22.9 Å². The Morgan fingerprint density at radius 2 is 2.05 bits per heavy atom. The van der Waals surface area contributed by atoms with Gasteiger partial charge in [-0.05, 0) is 6.07 Å². The Kier molecular flexibility index (Phi) is 4.09. The number of aryl methyl sites for hydroxylation is 1. The van der Waals surface area contributed by atoms with Gasteiger partial charge in [-0.15, -0.1) is 0 Å². The number of imidazole rings is 1. The summed E-state index contributed by atoms with van der Waals surface area (Å²) in [5.74, 6) is 2.99. The van der Waals surface area contributed by atoms with Crippen LogP contribution in [0.5, 0.6) is 17.2 Å². The van der Waals surface area contributed by atoms with Crippen molar-refractivity contribution >= 4 is 6.47 Å². The van der Waals surface area contributed by atoms with E-state index >= 15 is 0 Å². The molecule has 0 bridgehead atoms. The van der Waals surface area contributed by atoms with Gasteiger partial charge >= 0.3 is 0 Å². The highest BCUT2D eigenvalue weighted by Gasteiger charge is 2.20. The molecule has 0 saturated heterocycles. The molecule has 0 aliphatic carbocycles. The lowest BCUT2D eigenvalue weighted by Gasteiger charge is -2.09. The van der Waals surface area contributed by atoms with Crippen LogP contribution in [0.15, 0.2) is 24.5 Å². The van der Waals surface area contributed by atoms with Crippen molar-refractivity contribution in [2.75, 3.05) is 13.9 Å². The third kappa shape index (κ3) is 2.51. The fourth-order valence-corrected chi connectivity index (χ4v) is 1.89. The predicted octanol–water partition coefficient (Wildman–Crippen LogP) is 1.53. The molecule has 106 valence electrons. The van der Waals surface area contributed by atoms with Crippen molar-refractivity contribution in [2.45, 2.75) is 0 Å². The first-order valence-corrected chi connectivity index (χ1v) is 5.74. The van der Waals surface area contributed by atoms with Crippen molar-refractivity contribution in [3.05, 3.63) is 24.5 Å². The number of rotatable bonds is 2. The minimum absolute atomic E-state index is 0.250. The zero-order chi connectivity index (χ0) is 14.5. The molecule has 1 aliphatic heterocycles. The van der Waals surface area contributed by atoms with Crippen molar-refractivity contribution in [3.63, 3.8) is 0 Å². The fraction of sp³-hybridized carbons (Fsp3) is 0.231. The first-order valence-electron chi connectivity index (χ1n) is 5.74. The molecular formula is C13H14N2O5. The SMILES string of the molecule is COc1cc2c(cc1-c1nccn1C)OCO2.O=CO. The van der Waals surface area contributed by atoms with E-state index in [2.05, 4.69) is 4.98 Å². The Bertz CT molecular complexity index is 609. The van der Waals surface area contributed by atoms with E-state index in [0.29, 0.717) is 5.75 Å². The van der Waals surface area contributed by atoms with Crippen molar-refractivity contribution in [1.82, 2.24) is 9.55 Å². The van der Waals surface area contributed by atoms with Gasteiger partial charge in [-0.25, -0.2) is 4.98 Å². The van der Waals surface area contributed by atoms with Gasteiger partial charge in [-0.1, -0.05) is 0 Å². The number of hydrogen-bond donors (Lipinski definition) is 1. The minimum Gasteiger partial charge on any atom is -0.496 e. The largest absolute Gasteiger partial charge is 0.496 e. The van der Waals surface area contributed by atoms with Crippen molar-refractivity contribution in [1.29, 1.82) is 0 Å². The van der Waals surface area contributed by atoms with Gasteiger partial charge < -0.3 is 23.9 Å². The average Bonchev–Trinajstić information content (AvgIpc) is 3.05. The number of hydrogen-bond acceptors (Lipinski definition) is 5. The molecule has 1 aromatic carbocycles. The molecule has 7 nitrogen and oxygen atoms in total. The maximum absolute atomic E-state index is 8.36. The van der Waals surface area contributed by atoms with Crippen LogP contribution in [0.2, 0.25) is 0 Å². The van der Waals surface area contributed by atoms with Gasteiger partial charge in [-0.2, -0.15) is 0 Å². The van der Waals surface area contributed by atoms with Crippen LogP contribution in [-0.4, -0.2) is 35.0 Å². The summed E-state index contributed by atoms with van der Waals surface area (Å²) in [6.45, 7) is 0.00249. The maximum Gasteiger partial charge on any atom is 0.290 e. The van der Waals surface area contributed by atoms with Crippen LogP contribution in [0.4, 0.5) is 0 Å². The van der Waals surface area contributed by atoms with Crippen LogP contribution in [-0.2, 0) is 11.8 Å². The number of carboxylic acid groups (broad SMARTS) is 1. The molecule has 0 saturated carbocycles. The minimum atomic E-state index is -0.250. The number of carbonyl (C=O) groups is 1. The van der Waals surface area contributed by atoms with Gasteiger partial charge in [0.1, 0.15) is 11.6 Å². The quantitative estimate of drug-likeness (QED) is 0.839. The first-order chi connectivity index (χ1) is 9.71. The van der Waals surface area contributed by atoms with Crippen molar-refractivity contribution in [2.24, 2.45) is 7.05 Å². The zero-order valence-corrected chi connectivity index (χ0v) is 11.1. The Balaban J connectivity index is 0.000000452. The molecule has 2 heterocycles. The number of methoxy groups -OCH3 is 1. The second-order valence-corrected chi connectivity index (χ2v) is 3.87. The molecule has 0 unspecified atom stereocenters. The number of fused-ring (bicyclic) bond motifs is 1. The summed E-state index contributed by atoms with van der Waals surface area (Å²) in [6.07, 6.45) is 3.64. The summed E-state index contributed by atoms with van der Waals surface area (Å²) < 4.78 is 18.0. The van der Waals surface area contributed by atoms with Crippen LogP contribution in [0.3, 0.4) is 0 Å². The molecule has 7 heteroatoms. The molecule has 20 heavy (non-hydrogen) atoms. The van der Waals surface area contributed by atoms with Crippen LogP contribution >= 0.6 is 0 Å². The standard InChI is InChI=1S/C12H12N2O3.CH2O2/c1-14-4-3-13-12(14)8-5-10-11(17-7-16-10)6-9(8)15-2;2-1-3/h3-6H,7H2,1-2H3;1H,(H,2,3). The van der Waals surface area contributed by atoms with Gasteiger partial charge in [0.25, 0.3) is 6.47 Å². The molecule has 1 N–H and O–H groups in total. The van der Waals surface area contributed by atoms with Gasteiger partial charge in [0.05, 0.1) is 12.7 Å². The van der Waals surface area contributed by atoms with Crippen LogP contribution in [0.25, 0.3) is 11.4 Å². The number of nitrogens with zero attached hydrogens (tertiary/aromatic N) is 2. The van der Waals surface area contributed by atoms with Gasteiger partial charge in [0.2, 0.25) is 6.79 Å². The van der Waals surface area contributed by atoms with E-state index in [4.69, 9.17) is 24.1 Å². The molecule has 3 rings (SSSR count). The average molecular weight is 278 g/mol. The van der Waals surface area contributed by atoms with E-state index in [1.165, 1.54) is 0 Å².